The zero-order valence-corrected chi connectivity index (χ0v) is 10.4. The second-order valence-corrected chi connectivity index (χ2v) is 5.24. The fraction of sp³-hybridized carbons (Fsp3) is 0.545. The molecule has 0 unspecified atom stereocenters. The van der Waals surface area contributed by atoms with Crippen molar-refractivity contribution in [2.24, 2.45) is 5.92 Å². The maximum atomic E-state index is 12.1. The lowest BCUT2D eigenvalue weighted by Crippen LogP contribution is -2.42. The first-order valence-electron chi connectivity index (χ1n) is 5.52. The van der Waals surface area contributed by atoms with Crippen molar-refractivity contribution in [2.45, 2.75) is 19.8 Å². The minimum absolute atomic E-state index is 0.152. The molecular formula is C11H14N2O3S. The Labute approximate surface area is 103 Å². The van der Waals surface area contributed by atoms with Gasteiger partial charge in [0.1, 0.15) is 5.69 Å². The van der Waals surface area contributed by atoms with Crippen molar-refractivity contribution in [1.82, 2.24) is 9.88 Å². The van der Waals surface area contributed by atoms with Crippen LogP contribution in [0.15, 0.2) is 5.38 Å². The van der Waals surface area contributed by atoms with E-state index in [2.05, 4.69) is 4.98 Å². The molecule has 2 heterocycles. The summed E-state index contributed by atoms with van der Waals surface area (Å²) in [5.41, 5.74) is 0.429. The van der Waals surface area contributed by atoms with E-state index in [1.54, 1.807) is 10.3 Å². The van der Waals surface area contributed by atoms with E-state index in [1.165, 1.54) is 11.3 Å². The average Bonchev–Trinajstić information content (AvgIpc) is 2.75. The van der Waals surface area contributed by atoms with E-state index in [0.717, 1.165) is 11.4 Å². The third kappa shape index (κ3) is 2.63. The fourth-order valence-corrected chi connectivity index (χ4v) is 2.57. The minimum atomic E-state index is -0.822. The number of thiazole rings is 1. The van der Waals surface area contributed by atoms with Gasteiger partial charge in [-0.15, -0.1) is 11.3 Å². The van der Waals surface area contributed by atoms with Gasteiger partial charge in [-0.1, -0.05) is 0 Å². The van der Waals surface area contributed by atoms with Gasteiger partial charge < -0.3 is 10.0 Å². The zero-order chi connectivity index (χ0) is 12.4. The quantitative estimate of drug-likeness (QED) is 0.865. The zero-order valence-electron chi connectivity index (χ0n) is 9.55. The molecule has 1 aliphatic heterocycles. The number of hydrogen-bond acceptors (Lipinski definition) is 4. The summed E-state index contributed by atoms with van der Waals surface area (Å²) in [4.78, 5) is 28.7. The van der Waals surface area contributed by atoms with Gasteiger partial charge in [-0.3, -0.25) is 9.59 Å². The van der Waals surface area contributed by atoms with Crippen molar-refractivity contribution >= 4 is 23.2 Å². The maximum Gasteiger partial charge on any atom is 0.308 e. The van der Waals surface area contributed by atoms with Crippen LogP contribution in [-0.2, 0) is 4.79 Å². The third-order valence-electron chi connectivity index (χ3n) is 2.90. The number of amides is 1. The van der Waals surface area contributed by atoms with Crippen LogP contribution in [0.25, 0.3) is 0 Å². The highest BCUT2D eigenvalue weighted by molar-refractivity contribution is 7.09. The van der Waals surface area contributed by atoms with Crippen LogP contribution >= 0.6 is 11.3 Å². The molecule has 0 aliphatic carbocycles. The van der Waals surface area contributed by atoms with Gasteiger partial charge in [0.15, 0.2) is 0 Å². The molecule has 1 amide bonds. The first-order valence-corrected chi connectivity index (χ1v) is 6.40. The summed E-state index contributed by atoms with van der Waals surface area (Å²) in [7, 11) is 0. The fourth-order valence-electron chi connectivity index (χ4n) is 1.99. The molecule has 1 atom stereocenters. The van der Waals surface area contributed by atoms with Crippen LogP contribution in [0.5, 0.6) is 0 Å². The van der Waals surface area contributed by atoms with Crippen molar-refractivity contribution in [3.05, 3.63) is 16.1 Å². The Morgan fingerprint density at radius 3 is 2.94 bits per heavy atom. The molecule has 0 bridgehead atoms. The van der Waals surface area contributed by atoms with Crippen LogP contribution in [0.3, 0.4) is 0 Å². The highest BCUT2D eigenvalue weighted by atomic mass is 32.1. The molecule has 0 spiro atoms. The molecule has 0 radical (unpaired) electrons. The summed E-state index contributed by atoms with van der Waals surface area (Å²) in [6, 6.07) is 0. The van der Waals surface area contributed by atoms with Gasteiger partial charge in [0.2, 0.25) is 0 Å². The van der Waals surface area contributed by atoms with E-state index in [4.69, 9.17) is 5.11 Å². The summed E-state index contributed by atoms with van der Waals surface area (Å²) < 4.78 is 0. The summed E-state index contributed by atoms with van der Waals surface area (Å²) in [6.07, 6.45) is 1.39. The predicted octanol–water partition coefficient (Wildman–Crippen LogP) is 1.39. The van der Waals surface area contributed by atoms with Gasteiger partial charge in [-0.25, -0.2) is 4.98 Å². The highest BCUT2D eigenvalue weighted by Gasteiger charge is 2.29. The molecule has 1 saturated heterocycles. The predicted molar refractivity (Wildman–Crippen MR) is 63.1 cm³/mol. The van der Waals surface area contributed by atoms with Gasteiger partial charge in [0.25, 0.3) is 5.91 Å². The second kappa shape index (κ2) is 4.83. The molecule has 0 saturated carbocycles. The van der Waals surface area contributed by atoms with Crippen molar-refractivity contribution in [2.75, 3.05) is 13.1 Å². The molecule has 1 N–H and O–H groups in total. The number of aromatic nitrogens is 1. The smallest absolute Gasteiger partial charge is 0.308 e. The summed E-state index contributed by atoms with van der Waals surface area (Å²) in [5.74, 6) is -1.41. The van der Waals surface area contributed by atoms with Crippen LogP contribution in [0, 0.1) is 12.8 Å². The molecule has 92 valence electrons. The molecule has 1 aliphatic rings. The lowest BCUT2D eigenvalue weighted by atomic mass is 9.98. The number of carbonyl (C=O) groups is 2. The molecular weight excluding hydrogens is 240 g/mol. The molecule has 5 nitrogen and oxygen atoms in total. The molecule has 2 rings (SSSR count). The Kier molecular flexibility index (Phi) is 3.42. The number of hydrogen-bond donors (Lipinski definition) is 1. The summed E-state index contributed by atoms with van der Waals surface area (Å²) in [6.45, 7) is 2.77. The normalized spacial score (nSPS) is 20.3. The standard InChI is InChI=1S/C11H14N2O3S/c1-7-12-9(6-17-7)10(14)13-4-2-3-8(5-13)11(15)16/h6,8H,2-5H2,1H3,(H,15,16)/t8-/m1/s1. The Morgan fingerprint density at radius 2 is 2.35 bits per heavy atom. The van der Waals surface area contributed by atoms with E-state index >= 15 is 0 Å². The van der Waals surface area contributed by atoms with Gasteiger partial charge in [0.05, 0.1) is 10.9 Å². The lowest BCUT2D eigenvalue weighted by Gasteiger charge is -2.30. The van der Waals surface area contributed by atoms with Gasteiger partial charge in [-0.2, -0.15) is 0 Å². The molecule has 1 aromatic heterocycles. The Hall–Kier alpha value is -1.43. The SMILES string of the molecule is Cc1nc(C(=O)N2CCC[C@@H](C(=O)O)C2)cs1. The molecule has 1 aromatic rings. The largest absolute Gasteiger partial charge is 0.481 e. The lowest BCUT2D eigenvalue weighted by molar-refractivity contribution is -0.143. The number of carboxylic acid groups (broad SMARTS) is 1. The van der Waals surface area contributed by atoms with E-state index < -0.39 is 11.9 Å². The Bertz CT molecular complexity index is 444. The van der Waals surface area contributed by atoms with E-state index in [-0.39, 0.29) is 5.91 Å². The van der Waals surface area contributed by atoms with Crippen LogP contribution in [0.4, 0.5) is 0 Å². The first-order chi connectivity index (χ1) is 8.08. The average molecular weight is 254 g/mol. The van der Waals surface area contributed by atoms with Gasteiger partial charge in [-0.05, 0) is 19.8 Å². The monoisotopic (exact) mass is 254 g/mol. The van der Waals surface area contributed by atoms with E-state index in [0.29, 0.717) is 25.2 Å². The van der Waals surface area contributed by atoms with Crippen LogP contribution in [0.2, 0.25) is 0 Å². The van der Waals surface area contributed by atoms with Crippen molar-refractivity contribution in [3.63, 3.8) is 0 Å². The van der Waals surface area contributed by atoms with E-state index in [1.807, 2.05) is 6.92 Å². The summed E-state index contributed by atoms with van der Waals surface area (Å²) >= 11 is 1.43. The van der Waals surface area contributed by atoms with Crippen molar-refractivity contribution in [3.8, 4) is 0 Å². The molecule has 17 heavy (non-hydrogen) atoms. The number of nitrogens with zero attached hydrogens (tertiary/aromatic N) is 2. The summed E-state index contributed by atoms with van der Waals surface area (Å²) in [5, 5.41) is 11.5. The number of piperidine rings is 1. The van der Waals surface area contributed by atoms with Gasteiger partial charge >= 0.3 is 5.97 Å². The number of aryl methyl sites for hydroxylation is 1. The first kappa shape index (κ1) is 12.0. The topological polar surface area (TPSA) is 70.5 Å². The van der Waals surface area contributed by atoms with Crippen LogP contribution in [-0.4, -0.2) is 40.0 Å². The molecule has 6 heteroatoms. The van der Waals surface area contributed by atoms with E-state index in [9.17, 15) is 9.59 Å². The number of carbonyl (C=O) groups excluding carboxylic acids is 1. The van der Waals surface area contributed by atoms with Crippen LogP contribution in [0.1, 0.15) is 28.3 Å². The Balaban J connectivity index is 2.07. The second-order valence-electron chi connectivity index (χ2n) is 4.18. The van der Waals surface area contributed by atoms with Gasteiger partial charge in [0, 0.05) is 18.5 Å². The Morgan fingerprint density at radius 1 is 1.59 bits per heavy atom. The van der Waals surface area contributed by atoms with Crippen LogP contribution < -0.4 is 0 Å². The number of rotatable bonds is 2. The van der Waals surface area contributed by atoms with Crippen molar-refractivity contribution < 1.29 is 14.7 Å². The van der Waals surface area contributed by atoms with Crippen molar-refractivity contribution in [1.29, 1.82) is 0 Å². The number of carboxylic acids is 1. The number of likely N-dealkylation sites (tertiary alicyclic amines) is 1. The molecule has 1 fully saturated rings. The number of aliphatic carboxylic acids is 1. The third-order valence-corrected chi connectivity index (χ3v) is 3.67. The minimum Gasteiger partial charge on any atom is -0.481 e. The maximum absolute atomic E-state index is 12.1. The molecule has 0 aromatic carbocycles. The highest BCUT2D eigenvalue weighted by Crippen LogP contribution is 2.19.